The second-order valence-corrected chi connectivity index (χ2v) is 8.00. The molecule has 1 fully saturated rings. The van der Waals surface area contributed by atoms with E-state index in [1.165, 1.54) is 12.1 Å². The summed E-state index contributed by atoms with van der Waals surface area (Å²) in [5, 5.41) is 2.61. The van der Waals surface area contributed by atoms with E-state index < -0.39 is 15.3 Å². The first-order valence-electron chi connectivity index (χ1n) is 8.01. The summed E-state index contributed by atoms with van der Waals surface area (Å²) in [4.78, 5) is 0. The predicted molar refractivity (Wildman–Crippen MR) is 90.2 cm³/mol. The zero-order chi connectivity index (χ0) is 17.0. The molecule has 1 unspecified atom stereocenters. The minimum atomic E-state index is -3.32. The van der Waals surface area contributed by atoms with E-state index in [0.29, 0.717) is 38.4 Å². The van der Waals surface area contributed by atoms with E-state index in [2.05, 4.69) is 5.32 Å². The number of allylic oxidation sites excluding steroid dienone is 2. The van der Waals surface area contributed by atoms with Gasteiger partial charge in [-0.25, -0.2) is 12.8 Å². The molecule has 3 rings (SSSR count). The van der Waals surface area contributed by atoms with Crippen LogP contribution in [0.4, 0.5) is 4.39 Å². The van der Waals surface area contributed by atoms with E-state index in [0.717, 1.165) is 5.56 Å². The van der Waals surface area contributed by atoms with Crippen LogP contribution in [-0.4, -0.2) is 44.2 Å². The highest BCUT2D eigenvalue weighted by Crippen LogP contribution is 2.22. The monoisotopic (exact) mass is 352 g/mol. The van der Waals surface area contributed by atoms with Crippen molar-refractivity contribution in [2.45, 2.75) is 18.3 Å². The predicted octanol–water partition coefficient (Wildman–Crippen LogP) is 1.79. The lowest BCUT2D eigenvalue weighted by atomic mass is 10.1. The number of sulfonamides is 1. The van der Waals surface area contributed by atoms with E-state index in [1.54, 1.807) is 34.7 Å². The van der Waals surface area contributed by atoms with Crippen molar-refractivity contribution in [3.63, 3.8) is 0 Å². The van der Waals surface area contributed by atoms with Gasteiger partial charge in [0.25, 0.3) is 0 Å². The van der Waals surface area contributed by atoms with Crippen LogP contribution in [0, 0.1) is 5.82 Å². The van der Waals surface area contributed by atoms with E-state index in [1.807, 2.05) is 0 Å². The van der Waals surface area contributed by atoms with Crippen LogP contribution in [0.1, 0.15) is 12.0 Å². The largest absolute Gasteiger partial charge is 0.489 e. The van der Waals surface area contributed by atoms with E-state index in [9.17, 15) is 12.8 Å². The zero-order valence-corrected chi connectivity index (χ0v) is 14.1. The van der Waals surface area contributed by atoms with Gasteiger partial charge in [0, 0.05) is 26.2 Å². The molecule has 0 radical (unpaired) electrons. The fourth-order valence-electron chi connectivity index (χ4n) is 2.79. The maximum atomic E-state index is 13.1. The molecule has 0 bridgehead atoms. The molecule has 1 aromatic rings. The van der Waals surface area contributed by atoms with Gasteiger partial charge in [-0.2, -0.15) is 4.31 Å². The second-order valence-electron chi connectivity index (χ2n) is 5.85. The maximum Gasteiger partial charge on any atom is 0.220 e. The van der Waals surface area contributed by atoms with Crippen LogP contribution in [0.25, 0.3) is 0 Å². The van der Waals surface area contributed by atoms with Crippen LogP contribution in [-0.2, 0) is 21.4 Å². The molecule has 7 heteroatoms. The summed E-state index contributed by atoms with van der Waals surface area (Å²) in [5.74, 6) is 0.317. The third-order valence-corrected chi connectivity index (χ3v) is 6.34. The lowest BCUT2D eigenvalue weighted by Crippen LogP contribution is -2.49. The van der Waals surface area contributed by atoms with Gasteiger partial charge < -0.3 is 10.1 Å². The number of hydrogen-bond donors (Lipinski definition) is 1. The SMILES string of the molecule is O=S(=O)(C1C=CC(OCc2cccc(F)c2)=CC1)N1CCNCC1. The lowest BCUT2D eigenvalue weighted by molar-refractivity contribution is 0.208. The van der Waals surface area contributed by atoms with Crippen molar-refractivity contribution in [3.8, 4) is 0 Å². The summed E-state index contributed by atoms with van der Waals surface area (Å²) in [5.41, 5.74) is 0.736. The van der Waals surface area contributed by atoms with E-state index >= 15 is 0 Å². The molecule has 1 aliphatic carbocycles. The molecular formula is C17H21FN2O3S. The molecule has 24 heavy (non-hydrogen) atoms. The van der Waals surface area contributed by atoms with Crippen molar-refractivity contribution in [1.29, 1.82) is 0 Å². The van der Waals surface area contributed by atoms with Crippen molar-refractivity contribution < 1.29 is 17.5 Å². The van der Waals surface area contributed by atoms with Crippen LogP contribution < -0.4 is 5.32 Å². The molecule has 0 aromatic heterocycles. The number of nitrogens with zero attached hydrogens (tertiary/aromatic N) is 1. The number of rotatable bonds is 5. The van der Waals surface area contributed by atoms with Gasteiger partial charge in [0.2, 0.25) is 10.0 Å². The van der Waals surface area contributed by atoms with Crippen molar-refractivity contribution >= 4 is 10.0 Å². The van der Waals surface area contributed by atoms with Crippen molar-refractivity contribution in [2.24, 2.45) is 0 Å². The van der Waals surface area contributed by atoms with Crippen molar-refractivity contribution in [3.05, 3.63) is 59.6 Å². The van der Waals surface area contributed by atoms with Gasteiger partial charge in [0.1, 0.15) is 18.2 Å². The Hall–Kier alpha value is -1.70. The molecule has 1 aliphatic heterocycles. The molecule has 0 saturated carbocycles. The molecular weight excluding hydrogens is 331 g/mol. The first-order chi connectivity index (χ1) is 11.6. The Morgan fingerprint density at radius 3 is 2.75 bits per heavy atom. The van der Waals surface area contributed by atoms with Crippen LogP contribution in [0.15, 0.2) is 48.3 Å². The standard InChI is InChI=1S/C17H21FN2O3S/c18-15-3-1-2-14(12-15)13-23-16-4-6-17(7-5-16)24(21,22)20-10-8-19-9-11-20/h1-6,12,17,19H,7-11,13H2. The van der Waals surface area contributed by atoms with Gasteiger partial charge in [-0.3, -0.25) is 0 Å². The van der Waals surface area contributed by atoms with Gasteiger partial charge >= 0.3 is 0 Å². The summed E-state index contributed by atoms with van der Waals surface area (Å²) in [6.45, 7) is 2.66. The molecule has 0 amide bonds. The van der Waals surface area contributed by atoms with Gasteiger partial charge in [-0.1, -0.05) is 18.2 Å². The first kappa shape index (κ1) is 17.1. The zero-order valence-electron chi connectivity index (χ0n) is 13.3. The van der Waals surface area contributed by atoms with Gasteiger partial charge in [-0.15, -0.1) is 0 Å². The summed E-state index contributed by atoms with van der Waals surface area (Å²) in [6, 6.07) is 6.22. The Balaban J connectivity index is 1.57. The quantitative estimate of drug-likeness (QED) is 0.878. The first-order valence-corrected chi connectivity index (χ1v) is 9.51. The van der Waals surface area contributed by atoms with Crippen LogP contribution >= 0.6 is 0 Å². The van der Waals surface area contributed by atoms with Gasteiger partial charge in [0.15, 0.2) is 0 Å². The molecule has 1 aromatic carbocycles. The Bertz CT molecular complexity index is 740. The maximum absolute atomic E-state index is 13.1. The number of ether oxygens (including phenoxy) is 1. The third kappa shape index (κ3) is 4.03. The smallest absolute Gasteiger partial charge is 0.220 e. The second kappa shape index (κ2) is 7.46. The van der Waals surface area contributed by atoms with E-state index in [-0.39, 0.29) is 12.4 Å². The summed E-state index contributed by atoms with van der Waals surface area (Å²) in [7, 11) is -3.32. The molecule has 1 N–H and O–H groups in total. The molecule has 1 saturated heterocycles. The van der Waals surface area contributed by atoms with Crippen LogP contribution in [0.5, 0.6) is 0 Å². The minimum absolute atomic E-state index is 0.253. The number of benzene rings is 1. The van der Waals surface area contributed by atoms with Crippen LogP contribution in [0.2, 0.25) is 0 Å². The highest BCUT2D eigenvalue weighted by Gasteiger charge is 2.31. The Labute approximate surface area is 141 Å². The van der Waals surface area contributed by atoms with Crippen LogP contribution in [0.3, 0.4) is 0 Å². The fourth-order valence-corrected chi connectivity index (χ4v) is 4.48. The average Bonchev–Trinajstić information content (AvgIpc) is 2.61. The highest BCUT2D eigenvalue weighted by atomic mass is 32.2. The molecule has 2 aliphatic rings. The molecule has 1 atom stereocenters. The van der Waals surface area contributed by atoms with Gasteiger partial charge in [0.05, 0.1) is 5.25 Å². The number of halogens is 1. The van der Waals surface area contributed by atoms with E-state index in [4.69, 9.17) is 4.74 Å². The summed E-state index contributed by atoms with van der Waals surface area (Å²) in [6.07, 6.45) is 5.54. The summed E-state index contributed by atoms with van der Waals surface area (Å²) >= 11 is 0. The number of piperazine rings is 1. The number of nitrogens with one attached hydrogen (secondary N) is 1. The van der Waals surface area contributed by atoms with Gasteiger partial charge in [-0.05, 0) is 36.3 Å². The summed E-state index contributed by atoms with van der Waals surface area (Å²) < 4.78 is 45.5. The molecule has 130 valence electrons. The average molecular weight is 352 g/mol. The van der Waals surface area contributed by atoms with Crippen molar-refractivity contribution in [2.75, 3.05) is 26.2 Å². The molecule has 0 spiro atoms. The Morgan fingerprint density at radius 2 is 2.08 bits per heavy atom. The third-order valence-electron chi connectivity index (χ3n) is 4.14. The van der Waals surface area contributed by atoms with Crippen molar-refractivity contribution in [1.82, 2.24) is 9.62 Å². The number of hydrogen-bond acceptors (Lipinski definition) is 4. The minimum Gasteiger partial charge on any atom is -0.489 e. The lowest BCUT2D eigenvalue weighted by Gasteiger charge is -2.30. The normalized spacial score (nSPS) is 22.2. The molecule has 1 heterocycles. The highest BCUT2D eigenvalue weighted by molar-refractivity contribution is 7.89. The fraction of sp³-hybridized carbons (Fsp3) is 0.412. The topological polar surface area (TPSA) is 58.6 Å². The Morgan fingerprint density at radius 1 is 1.29 bits per heavy atom. The Kier molecular flexibility index (Phi) is 5.33. The molecule has 5 nitrogen and oxygen atoms in total.